The van der Waals surface area contributed by atoms with Crippen LogP contribution in [0, 0.1) is 0 Å². The van der Waals surface area contributed by atoms with Gasteiger partial charge in [0.2, 0.25) is 5.91 Å². The predicted octanol–water partition coefficient (Wildman–Crippen LogP) is 2.88. The molecular formula is C11H10BrClN2O2S. The molecule has 0 bridgehead atoms. The Morgan fingerprint density at radius 1 is 1.67 bits per heavy atom. The average molecular weight is 350 g/mol. The number of amides is 1. The van der Waals surface area contributed by atoms with Gasteiger partial charge in [-0.1, -0.05) is 23.4 Å². The molecule has 7 heteroatoms. The lowest BCUT2D eigenvalue weighted by molar-refractivity contribution is -0.117. The molecule has 1 saturated heterocycles. The van der Waals surface area contributed by atoms with Gasteiger partial charge in [0.05, 0.1) is 5.02 Å². The number of anilines is 1. The first kappa shape index (κ1) is 13.8. The van der Waals surface area contributed by atoms with Gasteiger partial charge >= 0.3 is 0 Å². The van der Waals surface area contributed by atoms with E-state index in [4.69, 9.17) is 11.6 Å². The van der Waals surface area contributed by atoms with Gasteiger partial charge in [-0.05, 0) is 22.0 Å². The SMILES string of the molecule is CC(=O)SC1CC(=O)N(c2cc(Br)c(Cl)cn2)C1. The standard InChI is InChI=1S/C11H10BrClN2O2S/c1-6(16)18-7-2-11(17)15(5-7)10-3-8(12)9(13)4-14-10/h3-4,7H,2,5H2,1H3. The molecule has 1 amide bonds. The van der Waals surface area contributed by atoms with Crippen molar-refractivity contribution in [2.24, 2.45) is 0 Å². The molecular weight excluding hydrogens is 340 g/mol. The van der Waals surface area contributed by atoms with Crippen LogP contribution >= 0.6 is 39.3 Å². The summed E-state index contributed by atoms with van der Waals surface area (Å²) in [7, 11) is 0. The Bertz CT molecular complexity index is 512. The molecule has 1 aliphatic rings. The number of halogens is 2. The molecule has 0 spiro atoms. The van der Waals surface area contributed by atoms with E-state index < -0.39 is 0 Å². The Labute approximate surface area is 122 Å². The second kappa shape index (κ2) is 5.59. The van der Waals surface area contributed by atoms with Crippen LogP contribution in [0.15, 0.2) is 16.7 Å². The van der Waals surface area contributed by atoms with Crippen LogP contribution in [0.3, 0.4) is 0 Å². The fourth-order valence-corrected chi connectivity index (χ4v) is 3.09. The van der Waals surface area contributed by atoms with E-state index in [-0.39, 0.29) is 16.3 Å². The summed E-state index contributed by atoms with van der Waals surface area (Å²) in [6, 6.07) is 1.71. The van der Waals surface area contributed by atoms with E-state index in [1.165, 1.54) is 24.9 Å². The summed E-state index contributed by atoms with van der Waals surface area (Å²) in [5.74, 6) is 0.540. The highest BCUT2D eigenvalue weighted by Crippen LogP contribution is 2.30. The fraction of sp³-hybridized carbons (Fsp3) is 0.364. The van der Waals surface area contributed by atoms with Crippen molar-refractivity contribution in [2.45, 2.75) is 18.6 Å². The predicted molar refractivity (Wildman–Crippen MR) is 76.0 cm³/mol. The zero-order valence-corrected chi connectivity index (χ0v) is 12.7. The van der Waals surface area contributed by atoms with Gasteiger partial charge in [0.1, 0.15) is 5.82 Å². The van der Waals surface area contributed by atoms with E-state index in [1.54, 1.807) is 11.0 Å². The maximum absolute atomic E-state index is 11.9. The Kier molecular flexibility index (Phi) is 4.29. The number of hydrogen-bond donors (Lipinski definition) is 0. The van der Waals surface area contributed by atoms with Gasteiger partial charge in [0.25, 0.3) is 0 Å². The van der Waals surface area contributed by atoms with Crippen molar-refractivity contribution in [2.75, 3.05) is 11.4 Å². The summed E-state index contributed by atoms with van der Waals surface area (Å²) in [6.07, 6.45) is 1.87. The molecule has 0 aliphatic carbocycles. The van der Waals surface area contributed by atoms with Crippen molar-refractivity contribution in [3.8, 4) is 0 Å². The second-order valence-electron chi connectivity index (χ2n) is 3.90. The van der Waals surface area contributed by atoms with Crippen molar-refractivity contribution in [1.82, 2.24) is 4.98 Å². The maximum Gasteiger partial charge on any atom is 0.229 e. The van der Waals surface area contributed by atoms with Crippen molar-refractivity contribution in [3.05, 3.63) is 21.8 Å². The molecule has 1 aliphatic heterocycles. The molecule has 0 saturated carbocycles. The number of rotatable bonds is 2. The van der Waals surface area contributed by atoms with E-state index in [9.17, 15) is 9.59 Å². The van der Waals surface area contributed by atoms with Crippen LogP contribution in [0.25, 0.3) is 0 Å². The number of hydrogen-bond acceptors (Lipinski definition) is 4. The largest absolute Gasteiger partial charge is 0.296 e. The van der Waals surface area contributed by atoms with Gasteiger partial charge in [-0.25, -0.2) is 4.98 Å². The second-order valence-corrected chi connectivity index (χ2v) is 6.64. The molecule has 2 rings (SSSR count). The number of nitrogens with zero attached hydrogens (tertiary/aromatic N) is 2. The summed E-state index contributed by atoms with van der Waals surface area (Å²) < 4.78 is 0.699. The summed E-state index contributed by atoms with van der Waals surface area (Å²) in [5.41, 5.74) is 0. The quantitative estimate of drug-likeness (QED) is 0.824. The lowest BCUT2D eigenvalue weighted by Crippen LogP contribution is -2.25. The van der Waals surface area contributed by atoms with Gasteiger partial charge in [-0.3, -0.25) is 14.5 Å². The molecule has 96 valence electrons. The van der Waals surface area contributed by atoms with Crippen LogP contribution < -0.4 is 4.90 Å². The van der Waals surface area contributed by atoms with E-state index in [0.29, 0.717) is 28.3 Å². The van der Waals surface area contributed by atoms with E-state index >= 15 is 0 Å². The van der Waals surface area contributed by atoms with Gasteiger partial charge in [0.15, 0.2) is 5.12 Å². The van der Waals surface area contributed by atoms with Crippen LogP contribution in [-0.2, 0) is 9.59 Å². The minimum absolute atomic E-state index is 0.00579. The molecule has 1 atom stereocenters. The zero-order chi connectivity index (χ0) is 13.3. The summed E-state index contributed by atoms with van der Waals surface area (Å²) in [5, 5.41) is 0.534. The van der Waals surface area contributed by atoms with Crippen LogP contribution in [0.5, 0.6) is 0 Å². The third-order valence-corrected chi connectivity index (χ3v) is 4.66. The minimum Gasteiger partial charge on any atom is -0.296 e. The summed E-state index contributed by atoms with van der Waals surface area (Å²) >= 11 is 10.4. The Hall–Kier alpha value is -0.590. The first-order chi connectivity index (χ1) is 8.47. The maximum atomic E-state index is 11.9. The molecule has 0 aromatic carbocycles. The molecule has 1 unspecified atom stereocenters. The molecule has 1 fully saturated rings. The smallest absolute Gasteiger partial charge is 0.229 e. The normalized spacial score (nSPS) is 19.4. The number of pyridine rings is 1. The van der Waals surface area contributed by atoms with Crippen molar-refractivity contribution in [1.29, 1.82) is 0 Å². The van der Waals surface area contributed by atoms with Gasteiger partial charge in [-0.15, -0.1) is 0 Å². The lowest BCUT2D eigenvalue weighted by Gasteiger charge is -2.15. The number of aromatic nitrogens is 1. The molecule has 18 heavy (non-hydrogen) atoms. The molecule has 1 aromatic heterocycles. The fourth-order valence-electron chi connectivity index (χ4n) is 1.76. The van der Waals surface area contributed by atoms with Crippen molar-refractivity contribution < 1.29 is 9.59 Å². The minimum atomic E-state index is -0.0181. The van der Waals surface area contributed by atoms with Gasteiger partial charge in [0, 0.05) is 35.8 Å². The Morgan fingerprint density at radius 2 is 2.39 bits per heavy atom. The molecule has 1 aromatic rings. The Morgan fingerprint density at radius 3 is 3.00 bits per heavy atom. The highest BCUT2D eigenvalue weighted by atomic mass is 79.9. The summed E-state index contributed by atoms with van der Waals surface area (Å²) in [4.78, 5) is 28.6. The van der Waals surface area contributed by atoms with E-state index in [2.05, 4.69) is 20.9 Å². The lowest BCUT2D eigenvalue weighted by atomic mass is 10.4. The first-order valence-corrected chi connectivity index (χ1v) is 7.31. The van der Waals surface area contributed by atoms with Crippen LogP contribution in [-0.4, -0.2) is 27.8 Å². The number of carbonyl (C=O) groups is 2. The third-order valence-electron chi connectivity index (χ3n) is 2.49. The first-order valence-electron chi connectivity index (χ1n) is 5.26. The molecule has 2 heterocycles. The van der Waals surface area contributed by atoms with E-state index in [1.807, 2.05) is 0 Å². The Balaban J connectivity index is 2.16. The number of thioether (sulfide) groups is 1. The number of carbonyl (C=O) groups excluding carboxylic acids is 2. The highest BCUT2D eigenvalue weighted by molar-refractivity contribution is 9.10. The topological polar surface area (TPSA) is 50.3 Å². The monoisotopic (exact) mass is 348 g/mol. The van der Waals surface area contributed by atoms with Crippen molar-refractivity contribution >= 4 is 56.1 Å². The van der Waals surface area contributed by atoms with Crippen LogP contribution in [0.2, 0.25) is 5.02 Å². The van der Waals surface area contributed by atoms with Gasteiger partial charge < -0.3 is 0 Å². The average Bonchev–Trinajstić information content (AvgIpc) is 2.62. The van der Waals surface area contributed by atoms with Crippen LogP contribution in [0.4, 0.5) is 5.82 Å². The zero-order valence-electron chi connectivity index (χ0n) is 9.52. The van der Waals surface area contributed by atoms with Crippen LogP contribution in [0.1, 0.15) is 13.3 Å². The van der Waals surface area contributed by atoms with Crippen molar-refractivity contribution in [3.63, 3.8) is 0 Å². The molecule has 4 nitrogen and oxygen atoms in total. The highest BCUT2D eigenvalue weighted by Gasteiger charge is 2.32. The van der Waals surface area contributed by atoms with Gasteiger partial charge in [-0.2, -0.15) is 0 Å². The molecule has 0 radical (unpaired) electrons. The third kappa shape index (κ3) is 3.05. The van der Waals surface area contributed by atoms with E-state index in [0.717, 1.165) is 0 Å². The molecule has 0 N–H and O–H groups in total. The summed E-state index contributed by atoms with van der Waals surface area (Å²) in [6.45, 7) is 2.01.